The first-order chi connectivity index (χ1) is 10.6. The highest BCUT2D eigenvalue weighted by atomic mass is 16.5. The molecule has 22 heavy (non-hydrogen) atoms. The summed E-state index contributed by atoms with van der Waals surface area (Å²) in [6.45, 7) is 2.24. The number of nitrogens with zero attached hydrogens (tertiary/aromatic N) is 3. The second-order valence-corrected chi connectivity index (χ2v) is 5.02. The van der Waals surface area contributed by atoms with E-state index >= 15 is 0 Å². The summed E-state index contributed by atoms with van der Waals surface area (Å²) in [7, 11) is 1.65. The van der Waals surface area contributed by atoms with Crippen molar-refractivity contribution in [2.45, 2.75) is 13.5 Å². The average Bonchev–Trinajstić information content (AvgIpc) is 3.18. The molecule has 0 aliphatic heterocycles. The molecular formula is C16H15N3O3. The number of benzene rings is 1. The highest BCUT2D eigenvalue weighted by Crippen LogP contribution is 2.17. The van der Waals surface area contributed by atoms with Crippen LogP contribution >= 0.6 is 0 Å². The van der Waals surface area contributed by atoms with Crippen molar-refractivity contribution < 1.29 is 13.7 Å². The van der Waals surface area contributed by atoms with Gasteiger partial charge in [-0.1, -0.05) is 35.0 Å². The molecule has 112 valence electrons. The molecule has 0 aliphatic rings. The van der Waals surface area contributed by atoms with Crippen molar-refractivity contribution in [2.75, 3.05) is 7.05 Å². The zero-order valence-electron chi connectivity index (χ0n) is 12.3. The van der Waals surface area contributed by atoms with Gasteiger partial charge in [-0.25, -0.2) is 0 Å². The molecule has 0 unspecified atom stereocenters. The highest BCUT2D eigenvalue weighted by Gasteiger charge is 2.17. The first kappa shape index (κ1) is 14.1. The Bertz CT molecular complexity index is 760. The van der Waals surface area contributed by atoms with Gasteiger partial charge in [-0.3, -0.25) is 4.79 Å². The second kappa shape index (κ2) is 5.85. The Labute approximate surface area is 127 Å². The van der Waals surface area contributed by atoms with Gasteiger partial charge in [-0.15, -0.1) is 0 Å². The van der Waals surface area contributed by atoms with E-state index in [0.29, 0.717) is 11.7 Å². The molecule has 6 heteroatoms. The number of rotatable bonds is 4. The lowest BCUT2D eigenvalue weighted by molar-refractivity contribution is 0.0738. The maximum atomic E-state index is 12.1. The number of aromatic nitrogens is 2. The van der Waals surface area contributed by atoms with Gasteiger partial charge in [0.05, 0.1) is 6.26 Å². The molecular weight excluding hydrogens is 282 g/mol. The highest BCUT2D eigenvalue weighted by molar-refractivity contribution is 5.91. The zero-order chi connectivity index (χ0) is 15.5. The lowest BCUT2D eigenvalue weighted by Crippen LogP contribution is -2.25. The summed E-state index contributed by atoms with van der Waals surface area (Å²) >= 11 is 0. The van der Waals surface area contributed by atoms with Gasteiger partial charge < -0.3 is 13.8 Å². The van der Waals surface area contributed by atoms with Gasteiger partial charge in [-0.2, -0.15) is 4.98 Å². The van der Waals surface area contributed by atoms with Crippen LogP contribution in [0, 0.1) is 6.92 Å². The van der Waals surface area contributed by atoms with Gasteiger partial charge in [0.2, 0.25) is 11.7 Å². The molecule has 0 saturated carbocycles. The van der Waals surface area contributed by atoms with Crippen LogP contribution in [0.4, 0.5) is 0 Å². The van der Waals surface area contributed by atoms with E-state index in [4.69, 9.17) is 8.94 Å². The molecule has 0 atom stereocenters. The lowest BCUT2D eigenvalue weighted by Gasteiger charge is -2.12. The Morgan fingerprint density at radius 3 is 2.68 bits per heavy atom. The van der Waals surface area contributed by atoms with Crippen LogP contribution in [0.5, 0.6) is 0 Å². The molecule has 3 rings (SSSR count). The fourth-order valence-electron chi connectivity index (χ4n) is 2.00. The van der Waals surface area contributed by atoms with E-state index in [1.165, 1.54) is 11.2 Å². The number of hydrogen-bond acceptors (Lipinski definition) is 5. The quantitative estimate of drug-likeness (QED) is 0.740. The molecule has 2 heterocycles. The monoisotopic (exact) mass is 297 g/mol. The molecule has 0 N–H and O–H groups in total. The van der Waals surface area contributed by atoms with Crippen LogP contribution in [0.2, 0.25) is 0 Å². The summed E-state index contributed by atoms with van der Waals surface area (Å²) in [4.78, 5) is 17.8. The predicted octanol–water partition coefficient (Wildman–Crippen LogP) is 2.91. The van der Waals surface area contributed by atoms with Crippen LogP contribution in [-0.2, 0) is 6.54 Å². The summed E-state index contributed by atoms with van der Waals surface area (Å²) in [5, 5.41) is 3.94. The van der Waals surface area contributed by atoms with E-state index in [1.807, 2.05) is 31.2 Å². The van der Waals surface area contributed by atoms with Crippen molar-refractivity contribution in [1.29, 1.82) is 0 Å². The Hall–Kier alpha value is -2.89. The van der Waals surface area contributed by atoms with Gasteiger partial charge in [0.15, 0.2) is 5.76 Å². The van der Waals surface area contributed by atoms with Crippen LogP contribution < -0.4 is 0 Å². The summed E-state index contributed by atoms with van der Waals surface area (Å²) in [5.74, 6) is 0.924. The van der Waals surface area contributed by atoms with Gasteiger partial charge >= 0.3 is 0 Å². The van der Waals surface area contributed by atoms with Gasteiger partial charge in [0.25, 0.3) is 5.91 Å². The first-order valence-corrected chi connectivity index (χ1v) is 6.82. The molecule has 6 nitrogen and oxygen atoms in total. The maximum absolute atomic E-state index is 12.1. The molecule has 0 spiro atoms. The van der Waals surface area contributed by atoms with E-state index in [2.05, 4.69) is 10.1 Å². The van der Waals surface area contributed by atoms with Crippen LogP contribution in [0.1, 0.15) is 22.0 Å². The van der Waals surface area contributed by atoms with Crippen molar-refractivity contribution >= 4 is 5.91 Å². The van der Waals surface area contributed by atoms with Crippen molar-refractivity contribution in [1.82, 2.24) is 15.0 Å². The Kier molecular flexibility index (Phi) is 3.74. The predicted molar refractivity (Wildman–Crippen MR) is 79.0 cm³/mol. The third-order valence-electron chi connectivity index (χ3n) is 3.23. The molecule has 0 aliphatic carbocycles. The standard InChI is InChI=1S/C16H15N3O3/c1-11-5-7-12(8-6-11)15-17-14(22-18-15)10-19(2)16(20)13-4-3-9-21-13/h3-9H,10H2,1-2H3. The van der Waals surface area contributed by atoms with Gasteiger partial charge in [-0.05, 0) is 19.1 Å². The topological polar surface area (TPSA) is 72.4 Å². The number of amides is 1. The molecule has 1 aromatic carbocycles. The minimum atomic E-state index is -0.236. The van der Waals surface area contributed by atoms with Crippen LogP contribution in [-0.4, -0.2) is 28.0 Å². The Balaban J connectivity index is 1.71. The molecule has 3 aromatic rings. The molecule has 0 radical (unpaired) electrons. The fourth-order valence-corrected chi connectivity index (χ4v) is 2.00. The SMILES string of the molecule is Cc1ccc(-c2noc(CN(C)C(=O)c3ccco3)n2)cc1. The van der Waals surface area contributed by atoms with Crippen LogP contribution in [0.25, 0.3) is 11.4 Å². The van der Waals surface area contributed by atoms with E-state index in [9.17, 15) is 4.79 Å². The normalized spacial score (nSPS) is 10.6. The first-order valence-electron chi connectivity index (χ1n) is 6.82. The Morgan fingerprint density at radius 2 is 2.00 bits per heavy atom. The summed E-state index contributed by atoms with van der Waals surface area (Å²) < 4.78 is 10.3. The number of carbonyl (C=O) groups excluding carboxylic acids is 1. The van der Waals surface area contributed by atoms with E-state index in [0.717, 1.165) is 11.1 Å². The van der Waals surface area contributed by atoms with Crippen molar-refractivity contribution in [3.8, 4) is 11.4 Å². The van der Waals surface area contributed by atoms with Gasteiger partial charge in [0, 0.05) is 12.6 Å². The molecule has 0 bridgehead atoms. The number of aryl methyl sites for hydroxylation is 1. The van der Waals surface area contributed by atoms with Gasteiger partial charge in [0.1, 0.15) is 6.54 Å². The number of hydrogen-bond donors (Lipinski definition) is 0. The van der Waals surface area contributed by atoms with Crippen molar-refractivity contribution in [3.63, 3.8) is 0 Å². The molecule has 0 fully saturated rings. The number of carbonyl (C=O) groups is 1. The summed E-state index contributed by atoms with van der Waals surface area (Å²) in [6.07, 6.45) is 1.46. The second-order valence-electron chi connectivity index (χ2n) is 5.02. The fraction of sp³-hybridized carbons (Fsp3) is 0.188. The molecule has 2 aromatic heterocycles. The molecule has 0 saturated heterocycles. The summed E-state index contributed by atoms with van der Waals surface area (Å²) in [6, 6.07) is 11.1. The lowest BCUT2D eigenvalue weighted by atomic mass is 10.1. The van der Waals surface area contributed by atoms with Crippen LogP contribution in [0.15, 0.2) is 51.6 Å². The minimum absolute atomic E-state index is 0.221. The summed E-state index contributed by atoms with van der Waals surface area (Å²) in [5.41, 5.74) is 2.04. The largest absolute Gasteiger partial charge is 0.459 e. The number of furan rings is 1. The maximum Gasteiger partial charge on any atom is 0.289 e. The third kappa shape index (κ3) is 2.90. The van der Waals surface area contributed by atoms with Crippen molar-refractivity contribution in [3.05, 3.63) is 59.9 Å². The van der Waals surface area contributed by atoms with E-state index in [-0.39, 0.29) is 18.2 Å². The van der Waals surface area contributed by atoms with Crippen molar-refractivity contribution in [2.24, 2.45) is 0 Å². The smallest absolute Gasteiger partial charge is 0.289 e. The minimum Gasteiger partial charge on any atom is -0.459 e. The average molecular weight is 297 g/mol. The van der Waals surface area contributed by atoms with E-state index < -0.39 is 0 Å². The van der Waals surface area contributed by atoms with E-state index in [1.54, 1.807) is 19.2 Å². The zero-order valence-corrected chi connectivity index (χ0v) is 12.3. The van der Waals surface area contributed by atoms with Crippen LogP contribution in [0.3, 0.4) is 0 Å². The Morgan fingerprint density at radius 1 is 1.23 bits per heavy atom. The third-order valence-corrected chi connectivity index (χ3v) is 3.23. The molecule has 1 amide bonds.